The maximum Gasteiger partial charge on any atom is 0.224 e. The van der Waals surface area contributed by atoms with Crippen molar-refractivity contribution in [3.63, 3.8) is 0 Å². The molecule has 1 aliphatic rings. The molecule has 1 saturated carbocycles. The van der Waals surface area contributed by atoms with E-state index in [1.54, 1.807) is 6.26 Å². The summed E-state index contributed by atoms with van der Waals surface area (Å²) in [4.78, 5) is 12.3. The Morgan fingerprint density at radius 1 is 1.25 bits per heavy atom. The van der Waals surface area contributed by atoms with Gasteiger partial charge in [-0.3, -0.25) is 4.79 Å². The topological polar surface area (TPSA) is 42.2 Å². The SMILES string of the molecule is Cc1cc2occ(CC(=O)NCC3CCCCC3)c2cc1C(C)C. The second-order valence-electron chi connectivity index (χ2n) is 7.61. The van der Waals surface area contributed by atoms with E-state index in [9.17, 15) is 4.79 Å². The van der Waals surface area contributed by atoms with E-state index in [0.29, 0.717) is 18.3 Å². The minimum absolute atomic E-state index is 0.106. The van der Waals surface area contributed by atoms with Crippen LogP contribution in [-0.4, -0.2) is 12.5 Å². The number of benzene rings is 1. The maximum atomic E-state index is 12.3. The smallest absolute Gasteiger partial charge is 0.224 e. The Hall–Kier alpha value is -1.77. The molecule has 24 heavy (non-hydrogen) atoms. The lowest BCUT2D eigenvalue weighted by Crippen LogP contribution is -2.31. The Balaban J connectivity index is 1.67. The van der Waals surface area contributed by atoms with E-state index < -0.39 is 0 Å². The van der Waals surface area contributed by atoms with Crippen LogP contribution in [0, 0.1) is 12.8 Å². The van der Waals surface area contributed by atoms with E-state index in [4.69, 9.17) is 4.42 Å². The lowest BCUT2D eigenvalue weighted by Gasteiger charge is -2.21. The third-order valence-corrected chi connectivity index (χ3v) is 5.33. The third kappa shape index (κ3) is 3.82. The molecule has 0 atom stereocenters. The number of carbonyl (C=O) groups is 1. The predicted octanol–water partition coefficient (Wildman–Crippen LogP) is 5.10. The Kier molecular flexibility index (Phi) is 5.27. The van der Waals surface area contributed by atoms with E-state index in [1.807, 2.05) is 0 Å². The number of aryl methyl sites for hydroxylation is 1. The van der Waals surface area contributed by atoms with Crippen LogP contribution in [0.2, 0.25) is 0 Å². The molecule has 0 radical (unpaired) electrons. The van der Waals surface area contributed by atoms with Gasteiger partial charge in [0.05, 0.1) is 12.7 Å². The molecule has 130 valence electrons. The number of furan rings is 1. The van der Waals surface area contributed by atoms with Crippen molar-refractivity contribution in [2.75, 3.05) is 6.54 Å². The van der Waals surface area contributed by atoms with Crippen molar-refractivity contribution in [3.05, 3.63) is 35.1 Å². The van der Waals surface area contributed by atoms with Gasteiger partial charge in [0, 0.05) is 17.5 Å². The van der Waals surface area contributed by atoms with Gasteiger partial charge in [0.2, 0.25) is 5.91 Å². The van der Waals surface area contributed by atoms with Gasteiger partial charge in [-0.25, -0.2) is 0 Å². The first kappa shape index (κ1) is 17.1. The van der Waals surface area contributed by atoms with Gasteiger partial charge >= 0.3 is 0 Å². The first-order chi connectivity index (χ1) is 11.5. The van der Waals surface area contributed by atoms with Gasteiger partial charge in [-0.2, -0.15) is 0 Å². The third-order valence-electron chi connectivity index (χ3n) is 5.33. The van der Waals surface area contributed by atoms with Crippen LogP contribution in [0.4, 0.5) is 0 Å². The molecule has 1 aromatic carbocycles. The molecule has 3 nitrogen and oxygen atoms in total. The fraction of sp³-hybridized carbons (Fsp3) is 0.571. The summed E-state index contributed by atoms with van der Waals surface area (Å²) in [6.07, 6.45) is 8.63. The molecule has 3 heteroatoms. The molecule has 1 aromatic heterocycles. The number of rotatable bonds is 5. The van der Waals surface area contributed by atoms with Crippen molar-refractivity contribution in [1.82, 2.24) is 5.32 Å². The zero-order valence-corrected chi connectivity index (χ0v) is 15.2. The Bertz CT molecular complexity index is 708. The van der Waals surface area contributed by atoms with Gasteiger partial charge in [0.1, 0.15) is 5.58 Å². The summed E-state index contributed by atoms with van der Waals surface area (Å²) in [5.41, 5.74) is 4.45. The Labute approximate surface area is 144 Å². The molecule has 3 rings (SSSR count). The van der Waals surface area contributed by atoms with Gasteiger partial charge in [-0.05, 0) is 54.9 Å². The number of nitrogens with one attached hydrogen (secondary N) is 1. The number of hydrogen-bond acceptors (Lipinski definition) is 2. The lowest BCUT2D eigenvalue weighted by atomic mass is 9.89. The molecule has 0 spiro atoms. The highest BCUT2D eigenvalue weighted by Crippen LogP contribution is 2.29. The van der Waals surface area contributed by atoms with Gasteiger partial charge in [-0.1, -0.05) is 33.1 Å². The van der Waals surface area contributed by atoms with Crippen molar-refractivity contribution in [3.8, 4) is 0 Å². The summed E-state index contributed by atoms with van der Waals surface area (Å²) in [6.45, 7) is 7.34. The van der Waals surface area contributed by atoms with Crippen LogP contribution in [0.25, 0.3) is 11.0 Å². The predicted molar refractivity (Wildman–Crippen MR) is 98.3 cm³/mol. The van der Waals surface area contributed by atoms with E-state index in [2.05, 4.69) is 38.2 Å². The van der Waals surface area contributed by atoms with Crippen LogP contribution >= 0.6 is 0 Å². The van der Waals surface area contributed by atoms with Gasteiger partial charge in [0.15, 0.2) is 0 Å². The zero-order valence-electron chi connectivity index (χ0n) is 15.2. The fourth-order valence-corrected chi connectivity index (χ4v) is 3.89. The standard InChI is InChI=1S/C21H29NO2/c1-14(2)18-11-19-17(13-24-20(19)9-15(18)3)10-21(23)22-12-16-7-5-4-6-8-16/h9,11,13-14,16H,4-8,10,12H2,1-3H3,(H,22,23). The van der Waals surface area contributed by atoms with Crippen molar-refractivity contribution < 1.29 is 9.21 Å². The molecule has 0 bridgehead atoms. The molecule has 0 unspecified atom stereocenters. The Morgan fingerprint density at radius 3 is 2.71 bits per heavy atom. The van der Waals surface area contributed by atoms with Crippen LogP contribution < -0.4 is 5.32 Å². The normalized spacial score (nSPS) is 16.0. The molecule has 1 aliphatic carbocycles. The first-order valence-electron chi connectivity index (χ1n) is 9.32. The first-order valence-corrected chi connectivity index (χ1v) is 9.32. The average molecular weight is 327 g/mol. The van der Waals surface area contributed by atoms with Crippen LogP contribution in [-0.2, 0) is 11.2 Å². The van der Waals surface area contributed by atoms with Crippen LogP contribution in [0.15, 0.2) is 22.8 Å². The minimum atomic E-state index is 0.106. The van der Waals surface area contributed by atoms with Crippen LogP contribution in [0.1, 0.15) is 68.6 Å². The van der Waals surface area contributed by atoms with E-state index in [0.717, 1.165) is 23.1 Å². The molecule has 1 N–H and O–H groups in total. The van der Waals surface area contributed by atoms with Crippen LogP contribution in [0.5, 0.6) is 0 Å². The van der Waals surface area contributed by atoms with E-state index in [1.165, 1.54) is 43.2 Å². The average Bonchev–Trinajstić information content (AvgIpc) is 2.94. The van der Waals surface area contributed by atoms with Gasteiger partial charge in [0.25, 0.3) is 0 Å². The molecule has 1 fully saturated rings. The van der Waals surface area contributed by atoms with Crippen molar-refractivity contribution >= 4 is 16.9 Å². The fourth-order valence-electron chi connectivity index (χ4n) is 3.89. The Morgan fingerprint density at radius 2 is 2.00 bits per heavy atom. The second-order valence-corrected chi connectivity index (χ2v) is 7.61. The number of carbonyl (C=O) groups excluding carboxylic acids is 1. The highest BCUT2D eigenvalue weighted by Gasteiger charge is 2.16. The van der Waals surface area contributed by atoms with Crippen molar-refractivity contribution in [2.24, 2.45) is 5.92 Å². The molecular formula is C21H29NO2. The number of amides is 1. The van der Waals surface area contributed by atoms with E-state index in [-0.39, 0.29) is 5.91 Å². The van der Waals surface area contributed by atoms with Crippen LogP contribution in [0.3, 0.4) is 0 Å². The quantitative estimate of drug-likeness (QED) is 0.830. The number of fused-ring (bicyclic) bond motifs is 1. The molecular weight excluding hydrogens is 298 g/mol. The summed E-state index contributed by atoms with van der Waals surface area (Å²) in [5.74, 6) is 1.24. The largest absolute Gasteiger partial charge is 0.464 e. The highest BCUT2D eigenvalue weighted by atomic mass is 16.3. The molecule has 1 heterocycles. The summed E-state index contributed by atoms with van der Waals surface area (Å²) >= 11 is 0. The molecule has 0 saturated heterocycles. The molecule has 0 aliphatic heterocycles. The number of hydrogen-bond donors (Lipinski definition) is 1. The molecule has 2 aromatic rings. The molecule has 1 amide bonds. The summed E-state index contributed by atoms with van der Waals surface area (Å²) in [7, 11) is 0. The maximum absolute atomic E-state index is 12.3. The van der Waals surface area contributed by atoms with Crippen molar-refractivity contribution in [2.45, 2.75) is 65.2 Å². The van der Waals surface area contributed by atoms with Gasteiger partial charge < -0.3 is 9.73 Å². The highest BCUT2D eigenvalue weighted by molar-refractivity contribution is 5.88. The summed E-state index contributed by atoms with van der Waals surface area (Å²) in [6, 6.07) is 4.29. The monoisotopic (exact) mass is 327 g/mol. The lowest BCUT2D eigenvalue weighted by molar-refractivity contribution is -0.120. The van der Waals surface area contributed by atoms with E-state index >= 15 is 0 Å². The second kappa shape index (κ2) is 7.42. The summed E-state index contributed by atoms with van der Waals surface area (Å²) < 4.78 is 5.68. The zero-order chi connectivity index (χ0) is 17.1. The summed E-state index contributed by atoms with van der Waals surface area (Å²) in [5, 5.41) is 4.20. The minimum Gasteiger partial charge on any atom is -0.464 e. The van der Waals surface area contributed by atoms with Crippen molar-refractivity contribution in [1.29, 1.82) is 0 Å². The van der Waals surface area contributed by atoms with Gasteiger partial charge in [-0.15, -0.1) is 0 Å².